The largest absolute Gasteiger partial charge is 0.490 e. The van der Waals surface area contributed by atoms with E-state index in [0.29, 0.717) is 17.9 Å². The zero-order valence-corrected chi connectivity index (χ0v) is 11.2. The Balaban J connectivity index is 1.99. The molecular weight excluding hydrogens is 254 g/mol. The molecule has 106 valence electrons. The average molecular weight is 273 g/mol. The molecule has 0 saturated heterocycles. The first kappa shape index (κ1) is 14.4. The summed E-state index contributed by atoms with van der Waals surface area (Å²) in [6.07, 6.45) is -0.175. The van der Waals surface area contributed by atoms with Gasteiger partial charge in [0.25, 0.3) is 0 Å². The minimum atomic E-state index is -0.710. The van der Waals surface area contributed by atoms with Crippen LogP contribution in [-0.4, -0.2) is 23.4 Å². The van der Waals surface area contributed by atoms with Crippen LogP contribution in [0.4, 0.5) is 5.69 Å². The smallest absolute Gasteiger partial charge is 0.122 e. The molecule has 4 N–H and O–H groups in total. The molecule has 0 aromatic heterocycles. The average Bonchev–Trinajstić information content (AvgIpc) is 2.47. The maximum absolute atomic E-state index is 10.1. The van der Waals surface area contributed by atoms with E-state index in [0.717, 1.165) is 11.1 Å². The third kappa shape index (κ3) is 3.73. The van der Waals surface area contributed by atoms with Gasteiger partial charge in [-0.15, -0.1) is 0 Å². The van der Waals surface area contributed by atoms with Gasteiger partial charge < -0.3 is 20.7 Å². The molecule has 2 aromatic carbocycles. The number of aliphatic hydroxyl groups is 2. The standard InChI is InChI=1S/C16H19NO3/c17-14-7-5-12(6-8-14)15(19)11-20-16-4-2-1-3-13(16)9-10-18/h1-8,15,18-19H,9-11,17H2. The van der Waals surface area contributed by atoms with Gasteiger partial charge in [-0.05, 0) is 35.7 Å². The predicted octanol–water partition coefficient (Wildman–Crippen LogP) is 1.92. The van der Waals surface area contributed by atoms with E-state index in [2.05, 4.69) is 0 Å². The van der Waals surface area contributed by atoms with Gasteiger partial charge in [0, 0.05) is 12.3 Å². The molecule has 0 radical (unpaired) electrons. The molecular formula is C16H19NO3. The van der Waals surface area contributed by atoms with Gasteiger partial charge in [-0.25, -0.2) is 0 Å². The number of rotatable bonds is 6. The summed E-state index contributed by atoms with van der Waals surface area (Å²) in [6, 6.07) is 14.6. The highest BCUT2D eigenvalue weighted by atomic mass is 16.5. The summed E-state index contributed by atoms with van der Waals surface area (Å²) in [5.41, 5.74) is 7.96. The first-order chi connectivity index (χ1) is 9.70. The van der Waals surface area contributed by atoms with Gasteiger partial charge in [-0.1, -0.05) is 30.3 Å². The van der Waals surface area contributed by atoms with E-state index in [9.17, 15) is 5.11 Å². The van der Waals surface area contributed by atoms with Gasteiger partial charge in [0.15, 0.2) is 0 Å². The molecule has 1 unspecified atom stereocenters. The van der Waals surface area contributed by atoms with Crippen LogP contribution >= 0.6 is 0 Å². The van der Waals surface area contributed by atoms with Crippen LogP contribution in [0.1, 0.15) is 17.2 Å². The fourth-order valence-corrected chi connectivity index (χ4v) is 1.95. The number of ether oxygens (including phenoxy) is 1. The van der Waals surface area contributed by atoms with Crippen molar-refractivity contribution in [3.63, 3.8) is 0 Å². The summed E-state index contributed by atoms with van der Waals surface area (Å²) < 4.78 is 5.64. The molecule has 0 bridgehead atoms. The van der Waals surface area contributed by atoms with E-state index in [4.69, 9.17) is 15.6 Å². The Kier molecular flexibility index (Phi) is 4.98. The van der Waals surface area contributed by atoms with E-state index in [1.54, 1.807) is 24.3 Å². The summed E-state index contributed by atoms with van der Waals surface area (Å²) in [6.45, 7) is 0.229. The summed E-state index contributed by atoms with van der Waals surface area (Å²) in [5.74, 6) is 0.691. The number of nitrogens with two attached hydrogens (primary N) is 1. The second-order valence-corrected chi connectivity index (χ2v) is 4.57. The van der Waals surface area contributed by atoms with Crippen LogP contribution in [0, 0.1) is 0 Å². The molecule has 4 nitrogen and oxygen atoms in total. The normalized spacial score (nSPS) is 12.1. The fraction of sp³-hybridized carbons (Fsp3) is 0.250. The number of aliphatic hydroxyl groups excluding tert-OH is 2. The molecule has 0 spiro atoms. The zero-order valence-electron chi connectivity index (χ0n) is 11.2. The van der Waals surface area contributed by atoms with Crippen molar-refractivity contribution in [2.75, 3.05) is 18.9 Å². The van der Waals surface area contributed by atoms with Gasteiger partial charge in [0.2, 0.25) is 0 Å². The number of nitrogen functional groups attached to an aromatic ring is 1. The summed E-state index contributed by atoms with van der Waals surface area (Å²) in [4.78, 5) is 0. The molecule has 4 heteroatoms. The molecule has 0 heterocycles. The lowest BCUT2D eigenvalue weighted by atomic mass is 10.1. The van der Waals surface area contributed by atoms with Crippen molar-refractivity contribution in [3.05, 3.63) is 59.7 Å². The molecule has 0 saturated carbocycles. The quantitative estimate of drug-likeness (QED) is 0.703. The highest BCUT2D eigenvalue weighted by Gasteiger charge is 2.10. The topological polar surface area (TPSA) is 75.7 Å². The molecule has 0 amide bonds. The molecule has 0 aliphatic rings. The second kappa shape index (κ2) is 6.93. The first-order valence-corrected chi connectivity index (χ1v) is 6.56. The maximum Gasteiger partial charge on any atom is 0.122 e. The molecule has 0 aliphatic heterocycles. The number of hydrogen-bond donors (Lipinski definition) is 3. The number of benzene rings is 2. The lowest BCUT2D eigenvalue weighted by Crippen LogP contribution is -2.11. The Morgan fingerprint density at radius 3 is 2.45 bits per heavy atom. The van der Waals surface area contributed by atoms with Gasteiger partial charge in [0.05, 0.1) is 0 Å². The maximum atomic E-state index is 10.1. The Bertz CT molecular complexity index is 540. The highest BCUT2D eigenvalue weighted by Crippen LogP contribution is 2.21. The van der Waals surface area contributed by atoms with Crippen molar-refractivity contribution in [2.24, 2.45) is 0 Å². The minimum Gasteiger partial charge on any atom is -0.490 e. The summed E-state index contributed by atoms with van der Waals surface area (Å²) in [5, 5.41) is 19.1. The third-order valence-corrected chi connectivity index (χ3v) is 3.07. The van der Waals surface area contributed by atoms with E-state index < -0.39 is 6.10 Å². The Hall–Kier alpha value is -2.04. The second-order valence-electron chi connectivity index (χ2n) is 4.57. The Morgan fingerprint density at radius 1 is 1.05 bits per heavy atom. The fourth-order valence-electron chi connectivity index (χ4n) is 1.95. The molecule has 2 rings (SSSR count). The van der Waals surface area contributed by atoms with Gasteiger partial charge in [-0.2, -0.15) is 0 Å². The molecule has 1 atom stereocenters. The number of anilines is 1. The van der Waals surface area contributed by atoms with Crippen LogP contribution in [0.15, 0.2) is 48.5 Å². The third-order valence-electron chi connectivity index (χ3n) is 3.07. The van der Waals surface area contributed by atoms with Crippen LogP contribution in [0.5, 0.6) is 5.75 Å². The van der Waals surface area contributed by atoms with Crippen molar-refractivity contribution in [1.82, 2.24) is 0 Å². The molecule has 0 fully saturated rings. The number of hydrogen-bond acceptors (Lipinski definition) is 4. The van der Waals surface area contributed by atoms with Gasteiger partial charge >= 0.3 is 0 Å². The SMILES string of the molecule is Nc1ccc(C(O)COc2ccccc2CCO)cc1. The van der Waals surface area contributed by atoms with Crippen LogP contribution in [0.25, 0.3) is 0 Å². The Morgan fingerprint density at radius 2 is 1.75 bits per heavy atom. The lowest BCUT2D eigenvalue weighted by molar-refractivity contribution is 0.107. The molecule has 2 aromatic rings. The minimum absolute atomic E-state index is 0.0703. The summed E-state index contributed by atoms with van der Waals surface area (Å²) in [7, 11) is 0. The zero-order chi connectivity index (χ0) is 14.4. The van der Waals surface area contributed by atoms with E-state index in [1.165, 1.54) is 0 Å². The van der Waals surface area contributed by atoms with Crippen LogP contribution in [0.3, 0.4) is 0 Å². The van der Waals surface area contributed by atoms with Crippen molar-refractivity contribution < 1.29 is 14.9 Å². The van der Waals surface area contributed by atoms with Crippen molar-refractivity contribution in [3.8, 4) is 5.75 Å². The molecule has 0 aliphatic carbocycles. The first-order valence-electron chi connectivity index (χ1n) is 6.56. The van der Waals surface area contributed by atoms with Crippen molar-refractivity contribution in [1.29, 1.82) is 0 Å². The van der Waals surface area contributed by atoms with Crippen molar-refractivity contribution >= 4 is 5.69 Å². The van der Waals surface area contributed by atoms with Gasteiger partial charge in [0.1, 0.15) is 18.5 Å². The van der Waals surface area contributed by atoms with E-state index in [1.807, 2.05) is 24.3 Å². The van der Waals surface area contributed by atoms with E-state index in [-0.39, 0.29) is 13.2 Å². The van der Waals surface area contributed by atoms with Crippen LogP contribution < -0.4 is 10.5 Å². The summed E-state index contributed by atoms with van der Waals surface area (Å²) >= 11 is 0. The highest BCUT2D eigenvalue weighted by molar-refractivity contribution is 5.40. The van der Waals surface area contributed by atoms with Gasteiger partial charge in [-0.3, -0.25) is 0 Å². The predicted molar refractivity (Wildman–Crippen MR) is 78.5 cm³/mol. The van der Waals surface area contributed by atoms with Crippen LogP contribution in [-0.2, 0) is 6.42 Å². The lowest BCUT2D eigenvalue weighted by Gasteiger charge is -2.15. The molecule has 20 heavy (non-hydrogen) atoms. The van der Waals surface area contributed by atoms with Crippen LogP contribution in [0.2, 0.25) is 0 Å². The van der Waals surface area contributed by atoms with Crippen molar-refractivity contribution in [2.45, 2.75) is 12.5 Å². The Labute approximate surface area is 118 Å². The number of para-hydroxylation sites is 1. The van der Waals surface area contributed by atoms with E-state index >= 15 is 0 Å². The monoisotopic (exact) mass is 273 g/mol.